The molecule has 0 spiro atoms. The van der Waals surface area contributed by atoms with Crippen molar-refractivity contribution in [1.82, 2.24) is 20.3 Å². The van der Waals surface area contributed by atoms with Crippen molar-refractivity contribution in [1.29, 1.82) is 5.26 Å². The van der Waals surface area contributed by atoms with Crippen molar-refractivity contribution in [3.8, 4) is 6.07 Å². The van der Waals surface area contributed by atoms with Gasteiger partial charge in [-0.1, -0.05) is 12.1 Å². The maximum absolute atomic E-state index is 11.4. The van der Waals surface area contributed by atoms with E-state index in [1.165, 1.54) is 0 Å². The fraction of sp³-hybridized carbons (Fsp3) is 0.600. The van der Waals surface area contributed by atoms with Crippen molar-refractivity contribution in [2.75, 3.05) is 6.54 Å². The van der Waals surface area contributed by atoms with E-state index in [1.807, 2.05) is 13.0 Å². The lowest BCUT2D eigenvalue weighted by atomic mass is 10.1. The normalized spacial score (nSPS) is 11.8. The van der Waals surface area contributed by atoms with Gasteiger partial charge in [0, 0.05) is 19.3 Å². The Kier molecular flexibility index (Phi) is 4.99. The first-order valence-corrected chi connectivity index (χ1v) is 5.29. The highest BCUT2D eigenvalue weighted by molar-refractivity contribution is 5.80. The van der Waals surface area contributed by atoms with E-state index in [4.69, 9.17) is 5.26 Å². The molecule has 1 N–H and O–H groups in total. The zero-order valence-electron chi connectivity index (χ0n) is 9.26. The first kappa shape index (κ1) is 12.2. The zero-order valence-corrected chi connectivity index (χ0v) is 9.26. The van der Waals surface area contributed by atoms with Gasteiger partial charge in [0.25, 0.3) is 0 Å². The Bertz CT molecular complexity index is 354. The number of nitrogens with one attached hydrogen (secondary N) is 1. The number of hydrogen-bond acceptors (Lipinski definition) is 4. The van der Waals surface area contributed by atoms with E-state index in [9.17, 15) is 4.79 Å². The summed E-state index contributed by atoms with van der Waals surface area (Å²) in [5, 5.41) is 18.9. The molecule has 1 atom stereocenters. The van der Waals surface area contributed by atoms with E-state index in [0.29, 0.717) is 19.5 Å². The molecule has 1 unspecified atom stereocenters. The van der Waals surface area contributed by atoms with Gasteiger partial charge < -0.3 is 5.32 Å². The number of aromatic nitrogens is 3. The molecule has 0 bridgehead atoms. The highest BCUT2D eigenvalue weighted by Crippen LogP contribution is 1.99. The fourth-order valence-corrected chi connectivity index (χ4v) is 1.26. The maximum atomic E-state index is 11.4. The van der Waals surface area contributed by atoms with E-state index in [-0.39, 0.29) is 5.91 Å². The number of nitrogens with zero attached hydrogens (tertiary/aromatic N) is 4. The van der Waals surface area contributed by atoms with Gasteiger partial charge in [-0.05, 0) is 12.8 Å². The molecule has 0 aliphatic heterocycles. The lowest BCUT2D eigenvalue weighted by Gasteiger charge is -2.07. The lowest BCUT2D eigenvalue weighted by molar-refractivity contribution is -0.123. The highest BCUT2D eigenvalue weighted by atomic mass is 16.1. The Balaban J connectivity index is 2.16. The molecule has 0 aliphatic carbocycles. The second kappa shape index (κ2) is 6.56. The predicted octanol–water partition coefficient (Wildman–Crippen LogP) is 0.334. The molecule has 0 saturated heterocycles. The van der Waals surface area contributed by atoms with Crippen LogP contribution in [0.25, 0.3) is 0 Å². The molecule has 1 rings (SSSR count). The van der Waals surface area contributed by atoms with E-state index in [0.717, 1.165) is 6.42 Å². The van der Waals surface area contributed by atoms with Crippen LogP contribution in [0.3, 0.4) is 0 Å². The van der Waals surface area contributed by atoms with E-state index < -0.39 is 5.92 Å². The predicted molar refractivity (Wildman–Crippen MR) is 57.0 cm³/mol. The summed E-state index contributed by atoms with van der Waals surface area (Å²) in [7, 11) is 0. The van der Waals surface area contributed by atoms with Crippen LogP contribution in [0.15, 0.2) is 12.4 Å². The molecule has 0 aromatic carbocycles. The van der Waals surface area contributed by atoms with Gasteiger partial charge in [-0.15, -0.1) is 5.10 Å². The van der Waals surface area contributed by atoms with Crippen LogP contribution >= 0.6 is 0 Å². The van der Waals surface area contributed by atoms with Crippen LogP contribution in [0.1, 0.15) is 19.8 Å². The Morgan fingerprint density at radius 3 is 3.06 bits per heavy atom. The zero-order chi connectivity index (χ0) is 11.8. The second-order valence-corrected chi connectivity index (χ2v) is 3.40. The van der Waals surface area contributed by atoms with E-state index in [1.54, 1.807) is 17.1 Å². The van der Waals surface area contributed by atoms with Gasteiger partial charge >= 0.3 is 0 Å². The molecule has 86 valence electrons. The number of carbonyl (C=O) groups is 1. The molecular formula is C10H15N5O. The molecule has 0 fully saturated rings. The largest absolute Gasteiger partial charge is 0.355 e. The summed E-state index contributed by atoms with van der Waals surface area (Å²) in [6, 6.07) is 1.97. The summed E-state index contributed by atoms with van der Waals surface area (Å²) in [5.41, 5.74) is 0. The Labute approximate surface area is 94.3 Å². The quantitative estimate of drug-likeness (QED) is 0.702. The van der Waals surface area contributed by atoms with Crippen LogP contribution < -0.4 is 5.32 Å². The average molecular weight is 221 g/mol. The molecule has 6 nitrogen and oxygen atoms in total. The molecule has 16 heavy (non-hydrogen) atoms. The third kappa shape index (κ3) is 3.69. The van der Waals surface area contributed by atoms with E-state index >= 15 is 0 Å². The van der Waals surface area contributed by atoms with Gasteiger partial charge in [0.15, 0.2) is 0 Å². The minimum Gasteiger partial charge on any atom is -0.355 e. The third-order valence-corrected chi connectivity index (χ3v) is 2.22. The molecule has 0 aliphatic rings. The summed E-state index contributed by atoms with van der Waals surface area (Å²) >= 11 is 0. The van der Waals surface area contributed by atoms with Gasteiger partial charge in [0.2, 0.25) is 5.91 Å². The Morgan fingerprint density at radius 1 is 1.69 bits per heavy atom. The van der Waals surface area contributed by atoms with Gasteiger partial charge in [-0.3, -0.25) is 9.48 Å². The lowest BCUT2D eigenvalue weighted by Crippen LogP contribution is -2.30. The highest BCUT2D eigenvalue weighted by Gasteiger charge is 2.13. The van der Waals surface area contributed by atoms with Crippen LogP contribution in [0.2, 0.25) is 0 Å². The molecule has 1 aromatic heterocycles. The average Bonchev–Trinajstić information content (AvgIpc) is 2.79. The number of nitriles is 1. The molecule has 0 radical (unpaired) electrons. The number of amides is 1. The molecular weight excluding hydrogens is 206 g/mol. The smallest absolute Gasteiger partial charge is 0.237 e. The van der Waals surface area contributed by atoms with Crippen LogP contribution in [0.4, 0.5) is 0 Å². The van der Waals surface area contributed by atoms with Crippen LogP contribution in [-0.2, 0) is 11.3 Å². The number of aryl methyl sites for hydroxylation is 1. The number of hydrogen-bond donors (Lipinski definition) is 1. The van der Waals surface area contributed by atoms with Crippen LogP contribution in [0, 0.1) is 17.2 Å². The second-order valence-electron chi connectivity index (χ2n) is 3.40. The summed E-state index contributed by atoms with van der Waals surface area (Å²) < 4.78 is 1.70. The summed E-state index contributed by atoms with van der Waals surface area (Å²) in [6.07, 6.45) is 4.70. The van der Waals surface area contributed by atoms with Gasteiger partial charge in [0.05, 0.1) is 12.3 Å². The first-order valence-electron chi connectivity index (χ1n) is 5.29. The minimum atomic E-state index is -0.536. The van der Waals surface area contributed by atoms with Crippen molar-refractivity contribution in [2.24, 2.45) is 5.92 Å². The standard InChI is InChI=1S/C10H15N5O/c1-2-9(8-11)10(16)12-4-3-6-15-7-5-13-14-15/h5,7,9H,2-4,6H2,1H3,(H,12,16). The van der Waals surface area contributed by atoms with Gasteiger partial charge in [-0.25, -0.2) is 0 Å². The molecule has 1 heterocycles. The summed E-state index contributed by atoms with van der Waals surface area (Å²) in [5.74, 6) is -0.727. The van der Waals surface area contributed by atoms with Crippen molar-refractivity contribution in [3.63, 3.8) is 0 Å². The van der Waals surface area contributed by atoms with Crippen LogP contribution in [-0.4, -0.2) is 27.4 Å². The van der Waals surface area contributed by atoms with Crippen molar-refractivity contribution in [2.45, 2.75) is 26.3 Å². The van der Waals surface area contributed by atoms with E-state index in [2.05, 4.69) is 15.6 Å². The van der Waals surface area contributed by atoms with Crippen LogP contribution in [0.5, 0.6) is 0 Å². The Morgan fingerprint density at radius 2 is 2.50 bits per heavy atom. The number of carbonyl (C=O) groups excluding carboxylic acids is 1. The van der Waals surface area contributed by atoms with Crippen molar-refractivity contribution in [3.05, 3.63) is 12.4 Å². The summed E-state index contributed by atoms with van der Waals surface area (Å²) in [6.45, 7) is 3.09. The first-order chi connectivity index (χ1) is 7.77. The monoisotopic (exact) mass is 221 g/mol. The maximum Gasteiger partial charge on any atom is 0.237 e. The molecule has 1 aromatic rings. The van der Waals surface area contributed by atoms with Crippen molar-refractivity contribution < 1.29 is 4.79 Å². The third-order valence-electron chi connectivity index (χ3n) is 2.22. The van der Waals surface area contributed by atoms with Gasteiger partial charge in [0.1, 0.15) is 5.92 Å². The molecule has 6 heteroatoms. The minimum absolute atomic E-state index is 0.191. The number of rotatable bonds is 6. The topological polar surface area (TPSA) is 83.6 Å². The Hall–Kier alpha value is -1.90. The molecule has 0 saturated carbocycles. The SMILES string of the molecule is CCC(C#N)C(=O)NCCCn1ccnn1. The summed E-state index contributed by atoms with van der Waals surface area (Å²) in [4.78, 5) is 11.4. The molecule has 1 amide bonds. The van der Waals surface area contributed by atoms with Crippen molar-refractivity contribution >= 4 is 5.91 Å². The van der Waals surface area contributed by atoms with Gasteiger partial charge in [-0.2, -0.15) is 5.26 Å². The fourth-order valence-electron chi connectivity index (χ4n) is 1.26.